The molecule has 5 unspecified atom stereocenters. The Morgan fingerprint density at radius 3 is 1.12 bits per heavy atom. The monoisotopic (exact) mass is 668 g/mol. The van der Waals surface area contributed by atoms with Gasteiger partial charge in [-0.2, -0.15) is 0 Å². The lowest BCUT2D eigenvalue weighted by Crippen LogP contribution is -2.51. The normalized spacial score (nSPS) is 25.4. The summed E-state index contributed by atoms with van der Waals surface area (Å²) < 4.78 is 0. The van der Waals surface area contributed by atoms with Gasteiger partial charge in [0.05, 0.1) is 0 Å². The molecule has 0 bridgehead atoms. The summed E-state index contributed by atoms with van der Waals surface area (Å²) in [6, 6.07) is -0.567. The first-order valence-corrected chi connectivity index (χ1v) is 18.9. The van der Waals surface area contributed by atoms with E-state index in [0.717, 1.165) is 51.6 Å². The highest BCUT2D eigenvalue weighted by Crippen LogP contribution is 2.33. The molecule has 0 saturated carbocycles. The molecule has 6 saturated heterocycles. The van der Waals surface area contributed by atoms with Crippen molar-refractivity contribution in [1.29, 1.82) is 0 Å². The molecule has 0 spiro atoms. The van der Waals surface area contributed by atoms with Gasteiger partial charge in [-0.3, -0.25) is 28.8 Å². The Hall–Kier alpha value is -3.18. The Morgan fingerprint density at radius 1 is 0.417 bits per heavy atom. The van der Waals surface area contributed by atoms with Gasteiger partial charge in [-0.1, -0.05) is 0 Å². The molecule has 6 amide bonds. The third-order valence-corrected chi connectivity index (χ3v) is 12.0. The van der Waals surface area contributed by atoms with Crippen molar-refractivity contribution in [2.75, 3.05) is 45.8 Å². The van der Waals surface area contributed by atoms with Crippen molar-refractivity contribution >= 4 is 35.4 Å². The first-order valence-electron chi connectivity index (χ1n) is 18.9. The Labute approximate surface area is 285 Å². The Morgan fingerprint density at radius 2 is 0.750 bits per heavy atom. The minimum atomic E-state index is -0.173. The van der Waals surface area contributed by atoms with Crippen LogP contribution in [0.25, 0.3) is 0 Å². The summed E-state index contributed by atoms with van der Waals surface area (Å²) in [6.45, 7) is 6.90. The molecule has 266 valence electrons. The van der Waals surface area contributed by atoms with Crippen molar-refractivity contribution in [2.45, 2.75) is 146 Å². The number of hydrogen-bond donors (Lipinski definition) is 0. The van der Waals surface area contributed by atoms with Crippen LogP contribution in [0.1, 0.15) is 116 Å². The van der Waals surface area contributed by atoms with Crippen molar-refractivity contribution < 1.29 is 28.8 Å². The topological polar surface area (TPSA) is 122 Å². The van der Waals surface area contributed by atoms with Gasteiger partial charge in [-0.25, -0.2) is 0 Å². The van der Waals surface area contributed by atoms with E-state index >= 15 is 0 Å². The van der Waals surface area contributed by atoms with Crippen molar-refractivity contribution in [3.8, 4) is 0 Å². The zero-order chi connectivity index (χ0) is 33.8. The van der Waals surface area contributed by atoms with Crippen LogP contribution in [0.5, 0.6) is 0 Å². The predicted octanol–water partition coefficient (Wildman–Crippen LogP) is 2.53. The summed E-state index contributed by atoms with van der Waals surface area (Å²) in [4.78, 5) is 90.1. The van der Waals surface area contributed by atoms with E-state index in [2.05, 4.69) is 6.92 Å². The SMILES string of the molecule is CC(CC(CC(CC(CC(CCN1CCCC1=O)N1CCCC1=O)N1CCCC1=O)N1CCCC1=O)N1CCCC1=O)N1CCCC1=O. The molecule has 48 heavy (non-hydrogen) atoms. The zero-order valence-electron chi connectivity index (χ0n) is 29.0. The minimum Gasteiger partial charge on any atom is -0.343 e. The second kappa shape index (κ2) is 15.6. The van der Waals surface area contributed by atoms with Crippen LogP contribution >= 0.6 is 0 Å². The molecule has 12 nitrogen and oxygen atoms in total. The highest BCUT2D eigenvalue weighted by molar-refractivity contribution is 5.81. The third kappa shape index (κ3) is 7.83. The number of carbonyl (C=O) groups is 6. The molecule has 0 aromatic heterocycles. The molecule has 6 aliphatic heterocycles. The van der Waals surface area contributed by atoms with Crippen LogP contribution in [-0.2, 0) is 28.8 Å². The van der Waals surface area contributed by atoms with Gasteiger partial charge < -0.3 is 29.4 Å². The minimum absolute atomic E-state index is 0.0110. The lowest BCUT2D eigenvalue weighted by molar-refractivity contribution is -0.133. The molecule has 0 N–H and O–H groups in total. The van der Waals surface area contributed by atoms with Gasteiger partial charge in [-0.05, 0) is 77.6 Å². The van der Waals surface area contributed by atoms with E-state index in [1.807, 2.05) is 29.4 Å². The van der Waals surface area contributed by atoms with Crippen LogP contribution in [0.4, 0.5) is 0 Å². The quantitative estimate of drug-likeness (QED) is 0.249. The van der Waals surface area contributed by atoms with E-state index in [9.17, 15) is 28.8 Å². The number of rotatable bonds is 16. The maximum atomic E-state index is 13.4. The van der Waals surface area contributed by atoms with Crippen molar-refractivity contribution in [3.63, 3.8) is 0 Å². The second-order valence-electron chi connectivity index (χ2n) is 15.1. The van der Waals surface area contributed by atoms with Crippen LogP contribution in [-0.4, -0.2) is 141 Å². The number of carbonyl (C=O) groups excluding carboxylic acids is 6. The van der Waals surface area contributed by atoms with Crippen molar-refractivity contribution in [1.82, 2.24) is 29.4 Å². The lowest BCUT2D eigenvalue weighted by Gasteiger charge is -2.41. The molecule has 0 radical (unpaired) electrons. The number of nitrogens with zero attached hydrogens (tertiary/aromatic N) is 6. The summed E-state index contributed by atoms with van der Waals surface area (Å²) >= 11 is 0. The summed E-state index contributed by atoms with van der Waals surface area (Å²) in [5.74, 6) is 0.879. The molecule has 6 aliphatic rings. The first-order chi connectivity index (χ1) is 23.2. The molecule has 12 heteroatoms. The van der Waals surface area contributed by atoms with Gasteiger partial charge in [0.1, 0.15) is 0 Å². The second-order valence-corrected chi connectivity index (χ2v) is 15.1. The zero-order valence-corrected chi connectivity index (χ0v) is 29.0. The van der Waals surface area contributed by atoms with Crippen LogP contribution in [0.2, 0.25) is 0 Å². The number of amides is 6. The fourth-order valence-corrected chi connectivity index (χ4v) is 9.52. The summed E-state index contributed by atoms with van der Waals surface area (Å²) in [7, 11) is 0. The maximum absolute atomic E-state index is 13.4. The van der Waals surface area contributed by atoms with Crippen LogP contribution in [0.15, 0.2) is 0 Å². The number of likely N-dealkylation sites (tertiary alicyclic amines) is 6. The van der Waals surface area contributed by atoms with Gasteiger partial charge in [-0.15, -0.1) is 0 Å². The molecule has 5 atom stereocenters. The molecule has 0 aliphatic carbocycles. The van der Waals surface area contributed by atoms with Crippen LogP contribution < -0.4 is 0 Å². The lowest BCUT2D eigenvalue weighted by atomic mass is 9.89. The molecular formula is C36H56N6O6. The third-order valence-electron chi connectivity index (χ3n) is 12.0. The van der Waals surface area contributed by atoms with E-state index in [0.29, 0.717) is 103 Å². The fraction of sp³-hybridized carbons (Fsp3) is 0.833. The molecule has 6 rings (SSSR count). The Kier molecular flexibility index (Phi) is 11.3. The number of hydrogen-bond acceptors (Lipinski definition) is 6. The highest BCUT2D eigenvalue weighted by atomic mass is 16.2. The predicted molar refractivity (Wildman–Crippen MR) is 178 cm³/mol. The van der Waals surface area contributed by atoms with Gasteiger partial charge in [0.2, 0.25) is 35.4 Å². The fourth-order valence-electron chi connectivity index (χ4n) is 9.52. The Balaban J connectivity index is 1.26. The smallest absolute Gasteiger partial charge is 0.222 e. The van der Waals surface area contributed by atoms with E-state index in [1.165, 1.54) is 0 Å². The molecule has 0 aromatic rings. The van der Waals surface area contributed by atoms with E-state index in [1.54, 1.807) is 0 Å². The van der Waals surface area contributed by atoms with Crippen LogP contribution in [0, 0.1) is 0 Å². The first kappa shape index (κ1) is 34.7. The average molecular weight is 669 g/mol. The van der Waals surface area contributed by atoms with Crippen molar-refractivity contribution in [2.24, 2.45) is 0 Å². The van der Waals surface area contributed by atoms with E-state index in [-0.39, 0.29) is 65.7 Å². The Bertz CT molecular complexity index is 1240. The van der Waals surface area contributed by atoms with Gasteiger partial charge >= 0.3 is 0 Å². The molecule has 0 aromatic carbocycles. The molecule has 6 heterocycles. The average Bonchev–Trinajstić information content (AvgIpc) is 3.91. The van der Waals surface area contributed by atoms with Gasteiger partial charge in [0.15, 0.2) is 0 Å². The van der Waals surface area contributed by atoms with Crippen LogP contribution in [0.3, 0.4) is 0 Å². The molecule has 6 fully saturated rings. The summed E-state index contributed by atoms with van der Waals surface area (Å²) in [6.07, 6.45) is 11.3. The largest absolute Gasteiger partial charge is 0.343 e. The molecular weight excluding hydrogens is 612 g/mol. The summed E-state index contributed by atoms with van der Waals surface area (Å²) in [5.41, 5.74) is 0. The highest BCUT2D eigenvalue weighted by Gasteiger charge is 2.41. The van der Waals surface area contributed by atoms with E-state index in [4.69, 9.17) is 0 Å². The maximum Gasteiger partial charge on any atom is 0.222 e. The van der Waals surface area contributed by atoms with E-state index < -0.39 is 0 Å². The standard InChI is InChI=1S/C36H56N6O6/c1-26(38-16-3-9-32(38)44)22-28(40-18-5-11-34(40)46)24-30(42-20-7-13-36(42)48)25-29(41-19-6-12-35(41)47)23-27(39-17-4-10-33(39)45)14-21-37-15-2-8-31(37)43/h26-30H,2-25H2,1H3. The summed E-state index contributed by atoms with van der Waals surface area (Å²) in [5, 5.41) is 0. The van der Waals surface area contributed by atoms with Gasteiger partial charge in [0.25, 0.3) is 0 Å². The van der Waals surface area contributed by atoms with Crippen molar-refractivity contribution in [3.05, 3.63) is 0 Å². The van der Waals surface area contributed by atoms with Gasteiger partial charge in [0, 0.05) is 115 Å².